The minimum Gasteiger partial charge on any atom is -0.382 e. The Kier molecular flexibility index (Phi) is 3.22. The van der Waals surface area contributed by atoms with E-state index < -0.39 is 9.84 Å². The fraction of sp³-hybridized carbons (Fsp3) is 0.375. The predicted octanol–water partition coefficient (Wildman–Crippen LogP) is -0.131. The van der Waals surface area contributed by atoms with Crippen LogP contribution in [-0.4, -0.2) is 33.8 Å². The van der Waals surface area contributed by atoms with Gasteiger partial charge in [0.1, 0.15) is 16.2 Å². The lowest BCUT2D eigenvalue weighted by molar-refractivity contribution is 0.602. The van der Waals surface area contributed by atoms with Gasteiger partial charge in [0.15, 0.2) is 21.5 Å². The zero-order valence-electron chi connectivity index (χ0n) is 9.78. The van der Waals surface area contributed by atoms with Crippen LogP contribution < -0.4 is 11.1 Å². The van der Waals surface area contributed by atoms with E-state index in [0.717, 1.165) is 17.8 Å². The number of hydrogen-bond acceptors (Lipinski definition) is 8. The molecule has 0 radical (unpaired) electrons. The van der Waals surface area contributed by atoms with Gasteiger partial charge in [0.2, 0.25) is 0 Å². The van der Waals surface area contributed by atoms with Crippen molar-refractivity contribution in [2.45, 2.75) is 11.4 Å². The first kappa shape index (κ1) is 12.8. The zero-order valence-corrected chi connectivity index (χ0v) is 11.4. The molecule has 0 unspecified atom stereocenters. The van der Waals surface area contributed by atoms with Crippen LogP contribution in [0.1, 0.15) is 5.82 Å². The highest BCUT2D eigenvalue weighted by Gasteiger charge is 2.21. The van der Waals surface area contributed by atoms with Crippen LogP contribution in [0.25, 0.3) is 0 Å². The van der Waals surface area contributed by atoms with E-state index >= 15 is 0 Å². The highest BCUT2D eigenvalue weighted by atomic mass is 32.2. The maximum absolute atomic E-state index is 11.6. The summed E-state index contributed by atoms with van der Waals surface area (Å²) >= 11 is 1.00. The van der Waals surface area contributed by atoms with E-state index in [1.165, 1.54) is 0 Å². The monoisotopic (exact) mass is 288 g/mol. The lowest BCUT2D eigenvalue weighted by atomic mass is 10.5. The molecular formula is C8H12N6O2S2. The van der Waals surface area contributed by atoms with Gasteiger partial charge < -0.3 is 11.1 Å². The number of hydrogen-bond donors (Lipinski definition) is 2. The fourth-order valence-corrected chi connectivity index (χ4v) is 3.45. The van der Waals surface area contributed by atoms with Crippen molar-refractivity contribution < 1.29 is 8.42 Å². The summed E-state index contributed by atoms with van der Waals surface area (Å²) in [6.45, 7) is 0.311. The van der Waals surface area contributed by atoms with Gasteiger partial charge in [0.25, 0.3) is 0 Å². The predicted molar refractivity (Wildman–Crippen MR) is 68.0 cm³/mol. The minimum absolute atomic E-state index is 0.0129. The van der Waals surface area contributed by atoms with E-state index in [1.807, 2.05) is 0 Å². The molecule has 2 heterocycles. The number of nitrogens with zero attached hydrogens (tertiary/aromatic N) is 4. The summed E-state index contributed by atoms with van der Waals surface area (Å²) in [5.41, 5.74) is 5.55. The Bertz CT molecular complexity index is 659. The molecule has 2 rings (SSSR count). The summed E-state index contributed by atoms with van der Waals surface area (Å²) in [5.74, 6) is 0.572. The highest BCUT2D eigenvalue weighted by molar-refractivity contribution is 7.91. The molecule has 0 aliphatic carbocycles. The number of nitrogen functional groups attached to an aromatic ring is 1. The first-order valence-corrected chi connectivity index (χ1v) is 7.58. The van der Waals surface area contributed by atoms with Gasteiger partial charge in [0.05, 0.1) is 6.54 Å². The average Bonchev–Trinajstić information content (AvgIpc) is 2.81. The van der Waals surface area contributed by atoms with Crippen LogP contribution in [0.5, 0.6) is 0 Å². The van der Waals surface area contributed by atoms with Crippen molar-refractivity contribution >= 4 is 32.2 Å². The second-order valence-electron chi connectivity index (χ2n) is 3.69. The molecule has 0 atom stereocenters. The first-order valence-electron chi connectivity index (χ1n) is 4.91. The molecule has 0 saturated heterocycles. The largest absolute Gasteiger partial charge is 0.382 e. The van der Waals surface area contributed by atoms with Gasteiger partial charge in [-0.15, -0.1) is 0 Å². The smallest absolute Gasteiger partial charge is 0.182 e. The Morgan fingerprint density at radius 1 is 1.56 bits per heavy atom. The molecule has 10 heteroatoms. The van der Waals surface area contributed by atoms with Crippen LogP contribution in [-0.2, 0) is 23.4 Å². The van der Waals surface area contributed by atoms with Crippen LogP contribution in [0.4, 0.5) is 10.8 Å². The van der Waals surface area contributed by atoms with Gasteiger partial charge in [0, 0.05) is 13.3 Å². The Hall–Kier alpha value is -1.68. The van der Waals surface area contributed by atoms with Gasteiger partial charge in [-0.25, -0.2) is 13.4 Å². The normalized spacial score (nSPS) is 11.7. The molecule has 2 aromatic heterocycles. The van der Waals surface area contributed by atoms with Crippen molar-refractivity contribution in [1.29, 1.82) is 0 Å². The molecule has 18 heavy (non-hydrogen) atoms. The fourth-order valence-electron chi connectivity index (χ4n) is 1.39. The van der Waals surface area contributed by atoms with Crippen molar-refractivity contribution in [3.8, 4) is 0 Å². The summed E-state index contributed by atoms with van der Waals surface area (Å²) < 4.78 is 28.5. The van der Waals surface area contributed by atoms with Crippen LogP contribution in [0.3, 0.4) is 0 Å². The quantitative estimate of drug-likeness (QED) is 0.805. The summed E-state index contributed by atoms with van der Waals surface area (Å²) in [6, 6.07) is 0. The third-order valence-corrected chi connectivity index (χ3v) is 4.20. The number of rotatable bonds is 4. The van der Waals surface area contributed by atoms with Gasteiger partial charge in [-0.2, -0.15) is 9.47 Å². The van der Waals surface area contributed by atoms with Crippen LogP contribution >= 0.6 is 11.5 Å². The number of sulfone groups is 1. The molecule has 98 valence electrons. The van der Waals surface area contributed by atoms with Crippen LogP contribution in [0.2, 0.25) is 0 Å². The van der Waals surface area contributed by atoms with Gasteiger partial charge in [-0.3, -0.25) is 4.68 Å². The van der Waals surface area contributed by atoms with Crippen LogP contribution in [0.15, 0.2) is 11.2 Å². The molecule has 3 N–H and O–H groups in total. The minimum atomic E-state index is -3.41. The number of anilines is 2. The Labute approximate surface area is 108 Å². The van der Waals surface area contributed by atoms with Gasteiger partial charge in [-0.1, -0.05) is 0 Å². The molecule has 0 aromatic carbocycles. The van der Waals surface area contributed by atoms with Crippen molar-refractivity contribution in [3.05, 3.63) is 12.2 Å². The molecule has 0 amide bonds. The topological polar surface area (TPSA) is 116 Å². The number of aryl methyl sites for hydroxylation is 1. The number of aromatic nitrogens is 4. The van der Waals surface area contributed by atoms with Crippen molar-refractivity contribution in [1.82, 2.24) is 19.1 Å². The lowest BCUT2D eigenvalue weighted by Gasteiger charge is -2.03. The molecule has 2 aromatic rings. The summed E-state index contributed by atoms with van der Waals surface area (Å²) in [6.07, 6.45) is 2.66. The number of nitrogens with one attached hydrogen (secondary N) is 1. The van der Waals surface area contributed by atoms with E-state index in [2.05, 4.69) is 19.8 Å². The van der Waals surface area contributed by atoms with Crippen LogP contribution in [0, 0.1) is 0 Å². The van der Waals surface area contributed by atoms with Crippen molar-refractivity contribution in [2.75, 3.05) is 17.3 Å². The maximum atomic E-state index is 11.6. The van der Waals surface area contributed by atoms with E-state index in [0.29, 0.717) is 17.4 Å². The second kappa shape index (κ2) is 4.53. The summed E-state index contributed by atoms with van der Waals surface area (Å²) in [4.78, 5) is 4.05. The Balaban J connectivity index is 2.20. The molecule has 0 fully saturated rings. The zero-order chi connectivity index (χ0) is 13.3. The standard InChI is InChI=1S/C8H12N6O2S2/c1-14-4-11-5(12-14)3-10-8-6(18(2,15)16)7(9)13-17-8/h4,10H,3H2,1-2H3,(H2,9,13). The van der Waals surface area contributed by atoms with Crippen molar-refractivity contribution in [2.24, 2.45) is 7.05 Å². The first-order chi connectivity index (χ1) is 8.38. The molecule has 8 nitrogen and oxygen atoms in total. The van der Waals surface area contributed by atoms with Crippen molar-refractivity contribution in [3.63, 3.8) is 0 Å². The Morgan fingerprint density at radius 3 is 2.83 bits per heavy atom. The van der Waals surface area contributed by atoms with E-state index in [1.54, 1.807) is 18.1 Å². The third-order valence-electron chi connectivity index (χ3n) is 2.10. The number of nitrogens with two attached hydrogens (primary N) is 1. The lowest BCUT2D eigenvalue weighted by Crippen LogP contribution is -2.06. The Morgan fingerprint density at radius 2 is 2.28 bits per heavy atom. The second-order valence-corrected chi connectivity index (χ2v) is 6.41. The molecule has 0 aliphatic heterocycles. The van der Waals surface area contributed by atoms with E-state index in [9.17, 15) is 8.42 Å². The summed E-state index contributed by atoms with van der Waals surface area (Å²) in [7, 11) is -1.65. The highest BCUT2D eigenvalue weighted by Crippen LogP contribution is 2.31. The van der Waals surface area contributed by atoms with Gasteiger partial charge >= 0.3 is 0 Å². The van der Waals surface area contributed by atoms with E-state index in [4.69, 9.17) is 5.73 Å². The molecule has 0 bridgehead atoms. The molecule has 0 spiro atoms. The maximum Gasteiger partial charge on any atom is 0.182 e. The summed E-state index contributed by atoms with van der Waals surface area (Å²) in [5, 5.41) is 7.40. The molecule has 0 aliphatic rings. The molecular weight excluding hydrogens is 276 g/mol. The average molecular weight is 288 g/mol. The third kappa shape index (κ3) is 2.59. The SMILES string of the molecule is Cn1cnc(CNc2snc(N)c2S(C)(=O)=O)n1. The molecule has 0 saturated carbocycles. The van der Waals surface area contributed by atoms with Gasteiger partial charge in [-0.05, 0) is 11.5 Å². The van der Waals surface area contributed by atoms with E-state index in [-0.39, 0.29) is 10.7 Å².